The summed E-state index contributed by atoms with van der Waals surface area (Å²) in [6.07, 6.45) is 52.1. The monoisotopic (exact) mass is 619 g/mol. The Morgan fingerprint density at radius 1 is 0.467 bits per heavy atom. The lowest BCUT2D eigenvalue weighted by molar-refractivity contribution is -0.159. The van der Waals surface area contributed by atoms with Gasteiger partial charge in [-0.1, -0.05) is 126 Å². The lowest BCUT2D eigenvalue weighted by Crippen LogP contribution is -2.11. The van der Waals surface area contributed by atoms with Crippen LogP contribution in [0.15, 0.2) is 60.8 Å². The fourth-order valence-electron chi connectivity index (χ4n) is 6.10. The van der Waals surface area contributed by atoms with Gasteiger partial charge in [0.05, 0.1) is 0 Å². The van der Waals surface area contributed by atoms with E-state index in [1.54, 1.807) is 0 Å². The number of ether oxygens (including phenoxy) is 1. The van der Waals surface area contributed by atoms with Crippen molar-refractivity contribution in [2.24, 2.45) is 16.2 Å². The molecule has 0 heterocycles. The average Bonchev–Trinajstić information content (AvgIpc) is 3.93. The number of unbranched alkanes of at least 4 members (excludes halogenated alkanes) is 13. The van der Waals surface area contributed by atoms with E-state index in [2.05, 4.69) is 74.6 Å². The first-order valence-corrected chi connectivity index (χ1v) is 19.1. The molecule has 0 saturated heterocycles. The van der Waals surface area contributed by atoms with Gasteiger partial charge in [0.1, 0.15) is 0 Å². The van der Waals surface area contributed by atoms with Gasteiger partial charge in [0.15, 0.2) is 0 Å². The van der Waals surface area contributed by atoms with E-state index in [-0.39, 0.29) is 11.9 Å². The molecule has 3 aliphatic rings. The summed E-state index contributed by atoms with van der Waals surface area (Å²) in [5, 5.41) is 0. The van der Waals surface area contributed by atoms with E-state index in [0.29, 0.717) is 29.1 Å². The SMILES string of the molecule is CCC=CC1(C=CC2(C=CCCCCCCCC(=O)OC(=O)CCCCCCCC=CC3(C=CCCCCC)CC3)CC2)CC1. The molecule has 45 heavy (non-hydrogen) atoms. The van der Waals surface area contributed by atoms with Gasteiger partial charge in [-0.2, -0.15) is 0 Å². The molecule has 0 spiro atoms. The van der Waals surface area contributed by atoms with Crippen LogP contribution in [0, 0.1) is 16.2 Å². The maximum Gasteiger partial charge on any atom is 0.313 e. The fourth-order valence-corrected chi connectivity index (χ4v) is 6.10. The van der Waals surface area contributed by atoms with Crippen LogP contribution < -0.4 is 0 Å². The van der Waals surface area contributed by atoms with Crippen molar-refractivity contribution < 1.29 is 14.3 Å². The second-order valence-electron chi connectivity index (χ2n) is 14.5. The molecular formula is C42H66O3. The molecule has 3 heteroatoms. The standard InChI is InChI=1S/C42H66O3/c1-3-5-7-16-21-27-40(30-31-40)28-22-17-12-8-10-14-19-24-38(43)45-39(44)25-20-15-11-9-13-18-23-29-42(36-37-42)35-34-41(32-33-41)26-6-4-2/h6,21-23,26-29,34-35H,3-5,7-20,24-25,30-33,36-37H2,1-2H3. The topological polar surface area (TPSA) is 43.4 Å². The highest BCUT2D eigenvalue weighted by Crippen LogP contribution is 2.54. The second-order valence-corrected chi connectivity index (χ2v) is 14.5. The number of rotatable bonds is 27. The van der Waals surface area contributed by atoms with Crippen molar-refractivity contribution in [2.75, 3.05) is 0 Å². The van der Waals surface area contributed by atoms with Gasteiger partial charge in [-0.25, -0.2) is 0 Å². The van der Waals surface area contributed by atoms with Crippen molar-refractivity contribution >= 4 is 11.9 Å². The summed E-state index contributed by atoms with van der Waals surface area (Å²) in [6, 6.07) is 0. The maximum absolute atomic E-state index is 12.0. The molecule has 0 amide bonds. The van der Waals surface area contributed by atoms with Crippen molar-refractivity contribution in [1.29, 1.82) is 0 Å². The quantitative estimate of drug-likeness (QED) is 0.0398. The van der Waals surface area contributed by atoms with Crippen LogP contribution in [-0.4, -0.2) is 11.9 Å². The largest absolute Gasteiger partial charge is 0.393 e. The number of esters is 2. The van der Waals surface area contributed by atoms with Crippen molar-refractivity contribution in [2.45, 2.75) is 174 Å². The van der Waals surface area contributed by atoms with E-state index in [1.807, 2.05) is 0 Å². The number of carbonyl (C=O) groups excluding carboxylic acids is 2. The first kappa shape index (κ1) is 37.3. The Hall–Kier alpha value is -2.16. The van der Waals surface area contributed by atoms with E-state index in [9.17, 15) is 9.59 Å². The molecular weight excluding hydrogens is 552 g/mol. The minimum Gasteiger partial charge on any atom is -0.393 e. The summed E-state index contributed by atoms with van der Waals surface area (Å²) in [5.41, 5.74) is 1.10. The fraction of sp³-hybridized carbons (Fsp3) is 0.714. The number of carbonyl (C=O) groups is 2. The third-order valence-electron chi connectivity index (χ3n) is 9.97. The molecule has 0 aromatic rings. The lowest BCUT2D eigenvalue weighted by Gasteiger charge is -2.07. The van der Waals surface area contributed by atoms with Crippen LogP contribution in [0.2, 0.25) is 0 Å². The Morgan fingerprint density at radius 2 is 0.822 bits per heavy atom. The average molecular weight is 619 g/mol. The Bertz CT molecular complexity index is 997. The summed E-state index contributed by atoms with van der Waals surface area (Å²) in [7, 11) is 0. The highest BCUT2D eigenvalue weighted by atomic mass is 16.6. The highest BCUT2D eigenvalue weighted by molar-refractivity contribution is 5.85. The van der Waals surface area contributed by atoms with Crippen LogP contribution in [0.4, 0.5) is 0 Å². The molecule has 3 aliphatic carbocycles. The van der Waals surface area contributed by atoms with Gasteiger partial charge < -0.3 is 4.74 Å². The first-order chi connectivity index (χ1) is 21.9. The molecule has 3 rings (SSSR count). The van der Waals surface area contributed by atoms with Crippen LogP contribution in [0.3, 0.4) is 0 Å². The van der Waals surface area contributed by atoms with Gasteiger partial charge in [-0.15, -0.1) is 0 Å². The van der Waals surface area contributed by atoms with Gasteiger partial charge in [-0.05, 0) is 96.3 Å². The molecule has 0 N–H and O–H groups in total. The molecule has 3 nitrogen and oxygen atoms in total. The summed E-state index contributed by atoms with van der Waals surface area (Å²) in [6.45, 7) is 4.47. The molecule has 0 bridgehead atoms. The third kappa shape index (κ3) is 16.8. The lowest BCUT2D eigenvalue weighted by atomic mass is 9.98. The Kier molecular flexibility index (Phi) is 17.3. The zero-order valence-electron chi connectivity index (χ0n) is 29.2. The molecule has 0 radical (unpaired) electrons. The van der Waals surface area contributed by atoms with Crippen molar-refractivity contribution in [3.8, 4) is 0 Å². The highest BCUT2D eigenvalue weighted by Gasteiger charge is 2.41. The van der Waals surface area contributed by atoms with E-state index in [4.69, 9.17) is 4.74 Å². The summed E-state index contributed by atoms with van der Waals surface area (Å²) < 4.78 is 5.05. The predicted molar refractivity (Wildman–Crippen MR) is 191 cm³/mol. The Morgan fingerprint density at radius 3 is 1.22 bits per heavy atom. The van der Waals surface area contributed by atoms with Crippen molar-refractivity contribution in [3.63, 3.8) is 0 Å². The van der Waals surface area contributed by atoms with Crippen molar-refractivity contribution in [1.82, 2.24) is 0 Å². The van der Waals surface area contributed by atoms with Gasteiger partial charge >= 0.3 is 11.9 Å². The smallest absolute Gasteiger partial charge is 0.313 e. The van der Waals surface area contributed by atoms with Crippen LogP contribution in [0.1, 0.15) is 174 Å². The zero-order chi connectivity index (χ0) is 32.1. The predicted octanol–water partition coefficient (Wildman–Crippen LogP) is 12.6. The molecule has 3 saturated carbocycles. The van der Waals surface area contributed by atoms with E-state index < -0.39 is 0 Å². The van der Waals surface area contributed by atoms with Crippen LogP contribution in [-0.2, 0) is 14.3 Å². The van der Waals surface area contributed by atoms with Crippen LogP contribution in [0.5, 0.6) is 0 Å². The van der Waals surface area contributed by atoms with Gasteiger partial charge in [0, 0.05) is 29.1 Å². The first-order valence-electron chi connectivity index (χ1n) is 19.1. The molecule has 0 aromatic carbocycles. The Balaban J connectivity index is 1.08. The molecule has 0 unspecified atom stereocenters. The summed E-state index contributed by atoms with van der Waals surface area (Å²) in [4.78, 5) is 24.1. The van der Waals surface area contributed by atoms with E-state index >= 15 is 0 Å². The van der Waals surface area contributed by atoms with E-state index in [1.165, 1.54) is 89.9 Å². The number of hydrogen-bond donors (Lipinski definition) is 0. The maximum atomic E-state index is 12.0. The van der Waals surface area contributed by atoms with Crippen LogP contribution in [0.25, 0.3) is 0 Å². The number of allylic oxidation sites excluding steroid dienone is 10. The second kappa shape index (κ2) is 20.9. The number of hydrogen-bond acceptors (Lipinski definition) is 3. The van der Waals surface area contributed by atoms with Gasteiger partial charge in [0.2, 0.25) is 0 Å². The van der Waals surface area contributed by atoms with Crippen LogP contribution >= 0.6 is 0 Å². The third-order valence-corrected chi connectivity index (χ3v) is 9.97. The molecule has 0 aliphatic heterocycles. The van der Waals surface area contributed by atoms with Gasteiger partial charge in [0.25, 0.3) is 0 Å². The molecule has 252 valence electrons. The Labute approximate surface area is 277 Å². The molecule has 0 atom stereocenters. The molecule has 3 fully saturated rings. The minimum absolute atomic E-state index is 0.343. The molecule has 0 aromatic heterocycles. The zero-order valence-corrected chi connectivity index (χ0v) is 29.2. The van der Waals surface area contributed by atoms with Gasteiger partial charge in [-0.3, -0.25) is 9.59 Å². The minimum atomic E-state index is -0.347. The summed E-state index contributed by atoms with van der Waals surface area (Å²) >= 11 is 0. The van der Waals surface area contributed by atoms with Crippen molar-refractivity contribution in [3.05, 3.63) is 60.8 Å². The van der Waals surface area contributed by atoms with E-state index in [0.717, 1.165) is 57.8 Å². The normalized spacial score (nSPS) is 19.4. The summed E-state index contributed by atoms with van der Waals surface area (Å²) in [5.74, 6) is -0.694.